The molecule has 0 saturated heterocycles. The third-order valence-corrected chi connectivity index (χ3v) is 5.97. The second kappa shape index (κ2) is 9.32. The molecule has 1 fully saturated rings. The maximum atomic E-state index is 13.4. The van der Waals surface area contributed by atoms with E-state index in [1.807, 2.05) is 12.1 Å². The van der Waals surface area contributed by atoms with E-state index < -0.39 is 24.7 Å². The highest BCUT2D eigenvalue weighted by molar-refractivity contribution is 5.98. The third kappa shape index (κ3) is 5.48. The lowest BCUT2D eigenvalue weighted by atomic mass is 9.89. The lowest BCUT2D eigenvalue weighted by molar-refractivity contribution is -0.146. The normalized spacial score (nSPS) is 19.2. The van der Waals surface area contributed by atoms with Crippen molar-refractivity contribution < 1.29 is 22.4 Å². The number of halogens is 4. The molecule has 2 atom stereocenters. The van der Waals surface area contributed by atoms with E-state index in [0.29, 0.717) is 24.9 Å². The Morgan fingerprint density at radius 1 is 1.09 bits per heavy atom. The first-order chi connectivity index (χ1) is 15.3. The molecule has 0 radical (unpaired) electrons. The van der Waals surface area contributed by atoms with Gasteiger partial charge in [-0.3, -0.25) is 4.79 Å². The van der Waals surface area contributed by atoms with E-state index in [1.54, 1.807) is 30.3 Å². The van der Waals surface area contributed by atoms with Crippen molar-refractivity contribution in [2.75, 3.05) is 6.54 Å². The Labute approximate surface area is 183 Å². The minimum Gasteiger partial charge on any atom is -0.351 e. The molecule has 1 unspecified atom stereocenters. The maximum Gasteiger partial charge on any atom is 0.406 e. The van der Waals surface area contributed by atoms with Gasteiger partial charge in [-0.1, -0.05) is 30.3 Å². The van der Waals surface area contributed by atoms with Crippen LogP contribution in [0.3, 0.4) is 0 Å². The number of carbonyl (C=O) groups is 1. The van der Waals surface area contributed by atoms with E-state index >= 15 is 0 Å². The summed E-state index contributed by atoms with van der Waals surface area (Å²) in [5.41, 5.74) is 1.77. The van der Waals surface area contributed by atoms with Gasteiger partial charge in [0.1, 0.15) is 18.1 Å². The maximum absolute atomic E-state index is 13.4. The molecule has 2 N–H and O–H groups in total. The molecule has 170 valence electrons. The fraction of sp³-hybridized carbons (Fsp3) is 0.375. The minimum atomic E-state index is -4.49. The highest BCUT2D eigenvalue weighted by Gasteiger charge is 2.39. The van der Waals surface area contributed by atoms with Gasteiger partial charge < -0.3 is 15.2 Å². The molecule has 4 rings (SSSR count). The highest BCUT2D eigenvalue weighted by Crippen LogP contribution is 2.29. The summed E-state index contributed by atoms with van der Waals surface area (Å²) < 4.78 is 53.3. The lowest BCUT2D eigenvalue weighted by Crippen LogP contribution is -2.50. The largest absolute Gasteiger partial charge is 0.406 e. The van der Waals surface area contributed by atoms with Gasteiger partial charge >= 0.3 is 6.18 Å². The molecule has 0 spiro atoms. The summed E-state index contributed by atoms with van der Waals surface area (Å²) in [7, 11) is 0. The van der Waals surface area contributed by atoms with Gasteiger partial charge in [0.2, 0.25) is 0 Å². The molecule has 1 aliphatic carbocycles. The van der Waals surface area contributed by atoms with Crippen molar-refractivity contribution in [2.45, 2.75) is 50.5 Å². The number of nitrogens with zero attached hydrogens (tertiary/aromatic N) is 1. The van der Waals surface area contributed by atoms with E-state index in [0.717, 1.165) is 28.7 Å². The number of rotatable bonds is 6. The summed E-state index contributed by atoms with van der Waals surface area (Å²) >= 11 is 0. The van der Waals surface area contributed by atoms with Gasteiger partial charge in [-0.25, -0.2) is 4.39 Å². The van der Waals surface area contributed by atoms with Crippen LogP contribution < -0.4 is 5.32 Å². The van der Waals surface area contributed by atoms with Crippen molar-refractivity contribution >= 4 is 16.8 Å². The summed E-state index contributed by atoms with van der Waals surface area (Å²) in [5.74, 6) is -0.951. The van der Waals surface area contributed by atoms with Crippen LogP contribution in [0, 0.1) is 5.82 Å². The molecule has 1 heterocycles. The standard InChI is InChI=1S/C24H25F4N3O/c25-18-10-8-16(9-11-18)14-29-19-5-3-6-20(13-19)31(15-24(26,27)28)23(32)22-12-17-4-1-2-7-21(17)30-22/h1-2,4,7-12,19-20,29-30H,3,5-6,13-15H2/t19-,20?/m1/s1. The molecular weight excluding hydrogens is 422 g/mol. The van der Waals surface area contributed by atoms with Crippen molar-refractivity contribution in [1.29, 1.82) is 0 Å². The second-order valence-electron chi connectivity index (χ2n) is 8.34. The Morgan fingerprint density at radius 3 is 2.56 bits per heavy atom. The molecule has 4 nitrogen and oxygen atoms in total. The second-order valence-corrected chi connectivity index (χ2v) is 8.34. The van der Waals surface area contributed by atoms with Gasteiger partial charge in [0.15, 0.2) is 0 Å². The average Bonchev–Trinajstić information content (AvgIpc) is 3.21. The Hall–Kier alpha value is -2.87. The van der Waals surface area contributed by atoms with Crippen LogP contribution >= 0.6 is 0 Å². The summed E-state index contributed by atoms with van der Waals surface area (Å²) in [6, 6.07) is 14.4. The van der Waals surface area contributed by atoms with Gasteiger partial charge in [-0.15, -0.1) is 0 Å². The molecule has 0 aliphatic heterocycles. The van der Waals surface area contributed by atoms with Crippen LogP contribution in [0.25, 0.3) is 10.9 Å². The smallest absolute Gasteiger partial charge is 0.351 e. The number of H-pyrrole nitrogens is 1. The Balaban J connectivity index is 1.48. The SMILES string of the molecule is O=C(c1cc2ccccc2[nH]1)N(CC(F)(F)F)C1CCC[C@@H](NCc2ccc(F)cc2)C1. The number of hydrogen-bond donors (Lipinski definition) is 2. The number of aromatic nitrogens is 1. The molecule has 1 aromatic heterocycles. The zero-order valence-corrected chi connectivity index (χ0v) is 17.5. The number of hydrogen-bond acceptors (Lipinski definition) is 2. The Morgan fingerprint density at radius 2 is 1.84 bits per heavy atom. The monoisotopic (exact) mass is 447 g/mol. The van der Waals surface area contributed by atoms with Crippen molar-refractivity contribution in [1.82, 2.24) is 15.2 Å². The first kappa shape index (κ1) is 22.3. The topological polar surface area (TPSA) is 48.1 Å². The van der Waals surface area contributed by atoms with Gasteiger partial charge in [-0.2, -0.15) is 13.2 Å². The Bertz CT molecular complexity index is 1030. The van der Waals surface area contributed by atoms with Crippen LogP contribution in [0.15, 0.2) is 54.6 Å². The van der Waals surface area contributed by atoms with E-state index in [2.05, 4.69) is 10.3 Å². The van der Waals surface area contributed by atoms with E-state index in [4.69, 9.17) is 0 Å². The van der Waals surface area contributed by atoms with Crippen molar-refractivity contribution in [3.05, 3.63) is 71.7 Å². The number of fused-ring (bicyclic) bond motifs is 1. The third-order valence-electron chi connectivity index (χ3n) is 5.97. The van der Waals surface area contributed by atoms with Crippen LogP contribution in [-0.4, -0.2) is 40.6 Å². The first-order valence-electron chi connectivity index (χ1n) is 10.7. The van der Waals surface area contributed by atoms with E-state index in [9.17, 15) is 22.4 Å². The number of amides is 1. The highest BCUT2D eigenvalue weighted by atomic mass is 19.4. The molecule has 32 heavy (non-hydrogen) atoms. The number of alkyl halides is 3. The fourth-order valence-corrected chi connectivity index (χ4v) is 4.40. The Kier molecular flexibility index (Phi) is 6.50. The van der Waals surface area contributed by atoms with Crippen LogP contribution in [-0.2, 0) is 6.54 Å². The zero-order valence-electron chi connectivity index (χ0n) is 17.5. The van der Waals surface area contributed by atoms with Gasteiger partial charge in [0.25, 0.3) is 5.91 Å². The van der Waals surface area contributed by atoms with Crippen LogP contribution in [0.5, 0.6) is 0 Å². The molecular formula is C24H25F4N3O. The van der Waals surface area contributed by atoms with Gasteiger partial charge in [0, 0.05) is 29.5 Å². The van der Waals surface area contributed by atoms with Gasteiger partial charge in [0.05, 0.1) is 0 Å². The van der Waals surface area contributed by atoms with Crippen molar-refractivity contribution in [2.24, 2.45) is 0 Å². The van der Waals surface area contributed by atoms with E-state index in [1.165, 1.54) is 12.1 Å². The van der Waals surface area contributed by atoms with Crippen molar-refractivity contribution in [3.63, 3.8) is 0 Å². The molecule has 1 saturated carbocycles. The number of aromatic amines is 1. The predicted molar refractivity (Wildman–Crippen MR) is 115 cm³/mol. The molecule has 1 aliphatic rings. The van der Waals surface area contributed by atoms with E-state index in [-0.39, 0.29) is 17.6 Å². The number of nitrogens with one attached hydrogen (secondary N) is 2. The molecule has 8 heteroatoms. The summed E-state index contributed by atoms with van der Waals surface area (Å²) in [4.78, 5) is 17.1. The molecule has 0 bridgehead atoms. The summed E-state index contributed by atoms with van der Waals surface area (Å²) in [5, 5.41) is 4.14. The predicted octanol–water partition coefficient (Wildman–Crippen LogP) is 5.41. The number of para-hydroxylation sites is 1. The number of carbonyl (C=O) groups excluding carboxylic acids is 1. The van der Waals surface area contributed by atoms with Gasteiger partial charge in [-0.05, 0) is 55.5 Å². The lowest BCUT2D eigenvalue weighted by Gasteiger charge is -2.38. The summed E-state index contributed by atoms with van der Waals surface area (Å²) in [6.45, 7) is -0.788. The molecule has 2 aromatic carbocycles. The number of benzene rings is 2. The quantitative estimate of drug-likeness (QED) is 0.496. The van der Waals surface area contributed by atoms with Crippen LogP contribution in [0.2, 0.25) is 0 Å². The first-order valence-corrected chi connectivity index (χ1v) is 10.7. The summed E-state index contributed by atoms with van der Waals surface area (Å²) in [6.07, 6.45) is -1.99. The molecule has 3 aromatic rings. The van der Waals surface area contributed by atoms with Crippen LogP contribution in [0.4, 0.5) is 17.6 Å². The molecule has 1 amide bonds. The van der Waals surface area contributed by atoms with Crippen molar-refractivity contribution in [3.8, 4) is 0 Å². The fourth-order valence-electron chi connectivity index (χ4n) is 4.40. The zero-order chi connectivity index (χ0) is 22.7. The van der Waals surface area contributed by atoms with Crippen LogP contribution in [0.1, 0.15) is 41.7 Å². The minimum absolute atomic E-state index is 0.0231. The average molecular weight is 447 g/mol.